The zero-order valence-electron chi connectivity index (χ0n) is 27.5. The molecule has 2 unspecified atom stereocenters. The number of amides is 3. The SMILES string of the molecule is COc1ccccc1CC(NC(=O)OC(C)(C)C)C(=O)C(=O)N[C@H](CC(C)C)C(=O)NC(C(=O)OCc1ccccc1)C(C)C. The molecule has 11 nitrogen and oxygen atoms in total. The van der Waals surface area contributed by atoms with Crippen LogP contribution in [0.15, 0.2) is 54.6 Å². The molecular formula is C34H47N3O8. The number of ketones is 1. The van der Waals surface area contributed by atoms with Gasteiger partial charge in [-0.3, -0.25) is 14.4 Å². The molecule has 0 aromatic heterocycles. The predicted molar refractivity (Wildman–Crippen MR) is 169 cm³/mol. The standard InChI is InChI=1S/C34H47N3O8/c1-21(2)18-26(30(39)37-28(22(3)4)32(41)44-20-23-14-10-9-11-15-23)35-31(40)29(38)25(36-33(42)45-34(5,6)7)19-24-16-12-13-17-27(24)43-8/h9-17,21-22,25-26,28H,18-20H2,1-8H3,(H,35,40)(H,36,42)(H,37,39)/t25?,26-,28?/m1/s1. The first-order valence-corrected chi connectivity index (χ1v) is 15.1. The van der Waals surface area contributed by atoms with Crippen LogP contribution in [0, 0.1) is 11.8 Å². The molecular weight excluding hydrogens is 578 g/mol. The first-order valence-electron chi connectivity index (χ1n) is 15.1. The Morgan fingerprint density at radius 3 is 2.00 bits per heavy atom. The number of carbonyl (C=O) groups is 5. The molecule has 0 saturated carbocycles. The lowest BCUT2D eigenvalue weighted by molar-refractivity contribution is -0.151. The number of carbonyl (C=O) groups excluding carboxylic acids is 5. The molecule has 0 aliphatic rings. The van der Waals surface area contributed by atoms with Crippen LogP contribution in [0.4, 0.5) is 4.79 Å². The van der Waals surface area contributed by atoms with E-state index in [1.165, 1.54) is 7.11 Å². The van der Waals surface area contributed by atoms with Gasteiger partial charge in [-0.1, -0.05) is 76.2 Å². The molecule has 2 aromatic rings. The van der Waals surface area contributed by atoms with Crippen LogP contribution in [-0.2, 0) is 41.7 Å². The second-order valence-corrected chi connectivity index (χ2v) is 12.6. The van der Waals surface area contributed by atoms with Gasteiger partial charge in [-0.25, -0.2) is 9.59 Å². The summed E-state index contributed by atoms with van der Waals surface area (Å²) >= 11 is 0. The molecule has 3 atom stereocenters. The third-order valence-corrected chi connectivity index (χ3v) is 6.62. The van der Waals surface area contributed by atoms with E-state index in [-0.39, 0.29) is 31.3 Å². The lowest BCUT2D eigenvalue weighted by Gasteiger charge is -2.26. The monoisotopic (exact) mass is 625 g/mol. The molecule has 246 valence electrons. The highest BCUT2D eigenvalue weighted by Crippen LogP contribution is 2.20. The van der Waals surface area contributed by atoms with Gasteiger partial charge in [0.05, 0.1) is 7.11 Å². The summed E-state index contributed by atoms with van der Waals surface area (Å²) in [7, 11) is 1.47. The average molecular weight is 626 g/mol. The molecule has 3 amide bonds. The Labute approximate surface area is 265 Å². The maximum absolute atomic E-state index is 13.5. The van der Waals surface area contributed by atoms with Crippen molar-refractivity contribution < 1.29 is 38.2 Å². The van der Waals surface area contributed by atoms with Crippen LogP contribution in [0.2, 0.25) is 0 Å². The average Bonchev–Trinajstić information content (AvgIpc) is 2.96. The van der Waals surface area contributed by atoms with Crippen LogP contribution >= 0.6 is 0 Å². The Kier molecular flexibility index (Phi) is 14.0. The summed E-state index contributed by atoms with van der Waals surface area (Å²) in [6, 6.07) is 12.6. The number of nitrogens with one attached hydrogen (secondary N) is 3. The second-order valence-electron chi connectivity index (χ2n) is 12.6. The van der Waals surface area contributed by atoms with Crippen molar-refractivity contribution in [3.8, 4) is 5.75 Å². The number of benzene rings is 2. The molecule has 0 saturated heterocycles. The summed E-state index contributed by atoms with van der Waals surface area (Å²) in [5.41, 5.74) is 0.526. The van der Waals surface area contributed by atoms with Gasteiger partial charge in [-0.15, -0.1) is 0 Å². The Hall–Kier alpha value is -4.41. The third kappa shape index (κ3) is 12.6. The fourth-order valence-corrected chi connectivity index (χ4v) is 4.41. The molecule has 0 fully saturated rings. The van der Waals surface area contributed by atoms with Gasteiger partial charge in [-0.05, 0) is 56.2 Å². The quantitative estimate of drug-likeness (QED) is 0.198. The van der Waals surface area contributed by atoms with Gasteiger partial charge in [0.25, 0.3) is 5.91 Å². The molecule has 0 aliphatic heterocycles. The van der Waals surface area contributed by atoms with Gasteiger partial charge in [-0.2, -0.15) is 0 Å². The van der Waals surface area contributed by atoms with Gasteiger partial charge in [0, 0.05) is 6.42 Å². The molecule has 0 aliphatic carbocycles. The first-order chi connectivity index (χ1) is 21.1. The van der Waals surface area contributed by atoms with Crippen LogP contribution in [0.25, 0.3) is 0 Å². The van der Waals surface area contributed by atoms with E-state index in [9.17, 15) is 24.0 Å². The minimum absolute atomic E-state index is 0.0393. The number of para-hydroxylation sites is 1. The largest absolute Gasteiger partial charge is 0.496 e. The van der Waals surface area contributed by atoms with Crippen LogP contribution in [0.1, 0.15) is 66.0 Å². The predicted octanol–water partition coefficient (Wildman–Crippen LogP) is 4.12. The molecule has 3 N–H and O–H groups in total. The van der Waals surface area contributed by atoms with E-state index in [1.54, 1.807) is 58.9 Å². The number of methoxy groups -OCH3 is 1. The molecule has 2 rings (SSSR count). The molecule has 0 spiro atoms. The second kappa shape index (κ2) is 17.2. The summed E-state index contributed by atoms with van der Waals surface area (Å²) < 4.78 is 16.2. The molecule has 0 bridgehead atoms. The molecule has 45 heavy (non-hydrogen) atoms. The van der Waals surface area contributed by atoms with E-state index in [0.717, 1.165) is 5.56 Å². The summed E-state index contributed by atoms with van der Waals surface area (Å²) in [5.74, 6) is -3.21. The van der Waals surface area contributed by atoms with Gasteiger partial charge in [0.2, 0.25) is 11.7 Å². The summed E-state index contributed by atoms with van der Waals surface area (Å²) in [4.78, 5) is 65.9. The highest BCUT2D eigenvalue weighted by Gasteiger charge is 2.34. The summed E-state index contributed by atoms with van der Waals surface area (Å²) in [6.45, 7) is 12.3. The fourth-order valence-electron chi connectivity index (χ4n) is 4.41. The smallest absolute Gasteiger partial charge is 0.408 e. The topological polar surface area (TPSA) is 149 Å². The van der Waals surface area contributed by atoms with Crippen LogP contribution < -0.4 is 20.7 Å². The van der Waals surface area contributed by atoms with Crippen molar-refractivity contribution in [3.05, 3.63) is 65.7 Å². The van der Waals surface area contributed by atoms with E-state index < -0.39 is 53.4 Å². The van der Waals surface area contributed by atoms with Crippen molar-refractivity contribution in [2.75, 3.05) is 7.11 Å². The zero-order chi connectivity index (χ0) is 33.7. The van der Waals surface area contributed by atoms with Crippen molar-refractivity contribution in [3.63, 3.8) is 0 Å². The van der Waals surface area contributed by atoms with Gasteiger partial charge in [0.15, 0.2) is 0 Å². The summed E-state index contributed by atoms with van der Waals surface area (Å²) in [5, 5.41) is 7.73. The van der Waals surface area contributed by atoms with E-state index in [1.807, 2.05) is 44.2 Å². The number of hydrogen-bond acceptors (Lipinski definition) is 8. The maximum Gasteiger partial charge on any atom is 0.408 e. The highest BCUT2D eigenvalue weighted by atomic mass is 16.6. The van der Waals surface area contributed by atoms with Crippen molar-refractivity contribution >= 4 is 29.7 Å². The highest BCUT2D eigenvalue weighted by molar-refractivity contribution is 6.38. The van der Waals surface area contributed by atoms with Crippen LogP contribution in [0.3, 0.4) is 0 Å². The van der Waals surface area contributed by atoms with Gasteiger partial charge < -0.3 is 30.2 Å². The molecule has 2 aromatic carbocycles. The van der Waals surface area contributed by atoms with E-state index in [0.29, 0.717) is 11.3 Å². The van der Waals surface area contributed by atoms with Crippen LogP contribution in [0.5, 0.6) is 5.75 Å². The Bertz CT molecular complexity index is 1300. The van der Waals surface area contributed by atoms with Crippen molar-refractivity contribution in [1.29, 1.82) is 0 Å². The van der Waals surface area contributed by atoms with Gasteiger partial charge >= 0.3 is 12.1 Å². The minimum Gasteiger partial charge on any atom is -0.496 e. The number of alkyl carbamates (subject to hydrolysis) is 1. The van der Waals surface area contributed by atoms with Crippen LogP contribution in [-0.4, -0.2) is 60.5 Å². The number of hydrogen-bond donors (Lipinski definition) is 3. The number of Topliss-reactive ketones (excluding diaryl/α,β-unsaturated/α-hetero) is 1. The number of rotatable bonds is 15. The number of esters is 1. The maximum atomic E-state index is 13.5. The van der Waals surface area contributed by atoms with Crippen molar-refractivity contribution in [2.45, 2.75) is 91.6 Å². The first kappa shape index (κ1) is 36.8. The van der Waals surface area contributed by atoms with Crippen molar-refractivity contribution in [2.24, 2.45) is 11.8 Å². The van der Waals surface area contributed by atoms with Crippen molar-refractivity contribution in [1.82, 2.24) is 16.0 Å². The Balaban J connectivity index is 2.23. The Morgan fingerprint density at radius 1 is 0.800 bits per heavy atom. The van der Waals surface area contributed by atoms with E-state index >= 15 is 0 Å². The lowest BCUT2D eigenvalue weighted by atomic mass is 9.98. The minimum atomic E-state index is -1.32. The molecule has 11 heteroatoms. The normalized spacial score (nSPS) is 13.3. The zero-order valence-corrected chi connectivity index (χ0v) is 27.5. The van der Waals surface area contributed by atoms with E-state index in [4.69, 9.17) is 14.2 Å². The third-order valence-electron chi connectivity index (χ3n) is 6.62. The Morgan fingerprint density at radius 2 is 1.42 bits per heavy atom. The summed E-state index contributed by atoms with van der Waals surface area (Å²) in [6.07, 6.45) is -0.765. The fraction of sp³-hybridized carbons (Fsp3) is 0.500. The number of ether oxygens (including phenoxy) is 3. The molecule has 0 heterocycles. The van der Waals surface area contributed by atoms with E-state index in [2.05, 4.69) is 16.0 Å². The lowest BCUT2D eigenvalue weighted by Crippen LogP contribution is -2.57. The molecule has 0 radical (unpaired) electrons. The van der Waals surface area contributed by atoms with Gasteiger partial charge in [0.1, 0.15) is 36.1 Å².